The Balaban J connectivity index is 0. The molecule has 12 heteroatoms. The van der Waals surface area contributed by atoms with Crippen molar-refractivity contribution < 1.29 is 29.4 Å². The maximum atomic E-state index is 11.5. The topological polar surface area (TPSA) is 185 Å². The van der Waals surface area contributed by atoms with E-state index in [1.54, 1.807) is 0 Å². The van der Waals surface area contributed by atoms with Gasteiger partial charge < -0.3 is 32.3 Å². The summed E-state index contributed by atoms with van der Waals surface area (Å²) in [6.45, 7) is 0.117. The lowest BCUT2D eigenvalue weighted by Gasteiger charge is -2.16. The van der Waals surface area contributed by atoms with Crippen LogP contribution in [0.1, 0.15) is 12.8 Å². The standard InChI is InChI=1S/C10H17N3O6S.C2H7NS/c11-5(10(18)19)1-2-7(14)13-6(4-20)9(17)12-3-8(15)16;3-1-2-4/h5-6,20H,1-4,11H2,(H,12,17)(H,13,14)(H,15,16)(H,18,19);4H,1-3H2/t5-,6-;/m0./s1. The number of amides is 2. The van der Waals surface area contributed by atoms with Crippen LogP contribution in [0.4, 0.5) is 0 Å². The molecule has 0 aliphatic carbocycles. The fourth-order valence-electron chi connectivity index (χ4n) is 1.16. The van der Waals surface area contributed by atoms with E-state index in [1.165, 1.54) is 0 Å². The first kappa shape index (κ1) is 24.7. The second-order valence-corrected chi connectivity index (χ2v) is 5.22. The summed E-state index contributed by atoms with van der Waals surface area (Å²) in [7, 11) is 0. The Morgan fingerprint density at radius 2 is 1.67 bits per heavy atom. The molecule has 0 saturated heterocycles. The Labute approximate surface area is 150 Å². The van der Waals surface area contributed by atoms with Crippen LogP contribution in [0.25, 0.3) is 0 Å². The van der Waals surface area contributed by atoms with Crippen LogP contribution < -0.4 is 22.1 Å². The minimum absolute atomic E-state index is 0.0256. The first-order valence-electron chi connectivity index (χ1n) is 6.88. The average molecular weight is 384 g/mol. The van der Waals surface area contributed by atoms with Crippen molar-refractivity contribution in [1.82, 2.24) is 10.6 Å². The molecule has 0 aliphatic heterocycles. The number of hydrogen-bond acceptors (Lipinski definition) is 8. The molecule has 2 atom stereocenters. The van der Waals surface area contributed by atoms with E-state index in [4.69, 9.17) is 21.7 Å². The molecule has 0 unspecified atom stereocenters. The van der Waals surface area contributed by atoms with Gasteiger partial charge in [0, 0.05) is 24.5 Å². The predicted molar refractivity (Wildman–Crippen MR) is 94.2 cm³/mol. The van der Waals surface area contributed by atoms with E-state index in [0.29, 0.717) is 6.54 Å². The molecule has 0 rings (SSSR count). The summed E-state index contributed by atoms with van der Waals surface area (Å²) in [6.07, 6.45) is -0.235. The number of carbonyl (C=O) groups is 4. The van der Waals surface area contributed by atoms with Gasteiger partial charge in [-0.05, 0) is 6.42 Å². The first-order valence-corrected chi connectivity index (χ1v) is 8.15. The normalized spacial score (nSPS) is 12.2. The zero-order valence-corrected chi connectivity index (χ0v) is 14.8. The summed E-state index contributed by atoms with van der Waals surface area (Å²) < 4.78 is 0. The van der Waals surface area contributed by atoms with Crippen LogP contribution in [0.5, 0.6) is 0 Å². The van der Waals surface area contributed by atoms with E-state index in [1.807, 2.05) is 0 Å². The van der Waals surface area contributed by atoms with Crippen LogP contribution in [0.3, 0.4) is 0 Å². The number of rotatable bonds is 10. The highest BCUT2D eigenvalue weighted by Gasteiger charge is 2.20. The van der Waals surface area contributed by atoms with Gasteiger partial charge in [-0.1, -0.05) is 0 Å². The minimum Gasteiger partial charge on any atom is -0.480 e. The number of carboxylic acid groups (broad SMARTS) is 2. The third kappa shape index (κ3) is 14.1. The van der Waals surface area contributed by atoms with Crippen LogP contribution in [-0.2, 0) is 19.2 Å². The highest BCUT2D eigenvalue weighted by Crippen LogP contribution is 1.97. The maximum Gasteiger partial charge on any atom is 0.322 e. The summed E-state index contributed by atoms with van der Waals surface area (Å²) in [4.78, 5) is 43.7. The van der Waals surface area contributed by atoms with E-state index in [2.05, 4.69) is 35.9 Å². The van der Waals surface area contributed by atoms with Crippen molar-refractivity contribution in [2.45, 2.75) is 24.9 Å². The zero-order valence-electron chi connectivity index (χ0n) is 13.0. The van der Waals surface area contributed by atoms with Crippen LogP contribution in [0.15, 0.2) is 0 Å². The molecule has 0 aliphatic rings. The zero-order chi connectivity index (χ0) is 19.1. The molecule has 0 saturated carbocycles. The fourth-order valence-corrected chi connectivity index (χ4v) is 1.41. The highest BCUT2D eigenvalue weighted by atomic mass is 32.1. The second-order valence-electron chi connectivity index (χ2n) is 4.41. The highest BCUT2D eigenvalue weighted by molar-refractivity contribution is 7.80. The first-order chi connectivity index (χ1) is 11.2. The van der Waals surface area contributed by atoms with Gasteiger partial charge in [0.15, 0.2) is 0 Å². The molecule has 10 nitrogen and oxygen atoms in total. The van der Waals surface area contributed by atoms with E-state index in [0.717, 1.165) is 5.75 Å². The van der Waals surface area contributed by atoms with E-state index in [9.17, 15) is 19.2 Å². The van der Waals surface area contributed by atoms with Crippen molar-refractivity contribution >= 4 is 49.0 Å². The van der Waals surface area contributed by atoms with Gasteiger partial charge in [0.1, 0.15) is 18.6 Å². The third-order valence-corrected chi connectivity index (χ3v) is 3.00. The van der Waals surface area contributed by atoms with Gasteiger partial charge in [-0.15, -0.1) is 0 Å². The Morgan fingerprint density at radius 3 is 2.04 bits per heavy atom. The molecule has 0 bridgehead atoms. The second kappa shape index (κ2) is 15.1. The summed E-state index contributed by atoms with van der Waals surface area (Å²) in [6, 6.07) is -2.15. The number of nitrogens with two attached hydrogens (primary N) is 2. The van der Waals surface area contributed by atoms with Gasteiger partial charge in [-0.25, -0.2) is 0 Å². The Hall–Kier alpha value is -1.50. The van der Waals surface area contributed by atoms with Gasteiger partial charge in [-0.3, -0.25) is 19.2 Å². The molecule has 0 aromatic heterocycles. The molecule has 0 aromatic carbocycles. The summed E-state index contributed by atoms with van der Waals surface area (Å²) in [5.41, 5.74) is 10.2. The molecule has 8 N–H and O–H groups in total. The molecular weight excluding hydrogens is 360 g/mol. The number of carboxylic acids is 2. The monoisotopic (exact) mass is 384 g/mol. The van der Waals surface area contributed by atoms with Crippen molar-refractivity contribution in [3.05, 3.63) is 0 Å². The Kier molecular flexibility index (Phi) is 15.5. The number of thiol groups is 2. The molecule has 0 spiro atoms. The molecule has 0 heterocycles. The predicted octanol–water partition coefficient (Wildman–Crippen LogP) is -2.33. The Bertz CT molecular complexity index is 422. The lowest BCUT2D eigenvalue weighted by Crippen LogP contribution is -2.49. The van der Waals surface area contributed by atoms with Crippen molar-refractivity contribution in [3.63, 3.8) is 0 Å². The van der Waals surface area contributed by atoms with E-state index in [-0.39, 0.29) is 18.6 Å². The molecule has 0 aromatic rings. The third-order valence-electron chi connectivity index (χ3n) is 2.38. The largest absolute Gasteiger partial charge is 0.480 e. The molecule has 2 amide bonds. The van der Waals surface area contributed by atoms with Gasteiger partial charge in [0.2, 0.25) is 11.8 Å². The SMILES string of the molecule is NCCS.N[C@@H](CCC(=O)N[C@@H](CS)C(=O)NCC(=O)O)C(=O)O. The van der Waals surface area contributed by atoms with Crippen molar-refractivity contribution in [2.24, 2.45) is 11.5 Å². The van der Waals surface area contributed by atoms with Gasteiger partial charge in [-0.2, -0.15) is 25.3 Å². The average Bonchev–Trinajstić information content (AvgIpc) is 2.55. The molecule has 0 fully saturated rings. The van der Waals surface area contributed by atoms with Gasteiger partial charge >= 0.3 is 11.9 Å². The number of nitrogens with one attached hydrogen (secondary N) is 2. The number of carbonyl (C=O) groups excluding carboxylic acids is 2. The van der Waals surface area contributed by atoms with Gasteiger partial charge in [0.05, 0.1) is 0 Å². The van der Waals surface area contributed by atoms with Crippen molar-refractivity contribution in [1.29, 1.82) is 0 Å². The summed E-state index contributed by atoms with van der Waals surface area (Å²) >= 11 is 7.67. The Morgan fingerprint density at radius 1 is 1.12 bits per heavy atom. The van der Waals surface area contributed by atoms with Crippen LogP contribution >= 0.6 is 25.3 Å². The van der Waals surface area contributed by atoms with Crippen LogP contribution in [0.2, 0.25) is 0 Å². The fraction of sp³-hybridized carbons (Fsp3) is 0.667. The van der Waals surface area contributed by atoms with Crippen molar-refractivity contribution in [3.8, 4) is 0 Å². The number of hydrogen-bond donors (Lipinski definition) is 8. The minimum atomic E-state index is -1.22. The molecule has 0 radical (unpaired) electrons. The summed E-state index contributed by atoms with van der Waals surface area (Å²) in [5, 5.41) is 21.4. The van der Waals surface area contributed by atoms with E-state index >= 15 is 0 Å². The number of aliphatic carboxylic acids is 2. The molecule has 24 heavy (non-hydrogen) atoms. The maximum absolute atomic E-state index is 11.5. The van der Waals surface area contributed by atoms with Gasteiger partial charge in [0.25, 0.3) is 0 Å². The molecular formula is C12H24N4O6S2. The van der Waals surface area contributed by atoms with Crippen molar-refractivity contribution in [2.75, 3.05) is 24.6 Å². The lowest BCUT2D eigenvalue weighted by molar-refractivity contribution is -0.139. The summed E-state index contributed by atoms with van der Waals surface area (Å²) in [5.74, 6) is -2.91. The smallest absolute Gasteiger partial charge is 0.322 e. The molecule has 140 valence electrons. The quantitative estimate of drug-likeness (QED) is 0.193. The lowest BCUT2D eigenvalue weighted by atomic mass is 10.1. The van der Waals surface area contributed by atoms with Crippen LogP contribution in [-0.4, -0.2) is 70.6 Å². The van der Waals surface area contributed by atoms with Crippen LogP contribution in [0, 0.1) is 0 Å². The van der Waals surface area contributed by atoms with E-state index < -0.39 is 42.4 Å².